The van der Waals surface area contributed by atoms with E-state index >= 15 is 0 Å². The molecular weight excluding hydrogens is 514 g/mol. The second-order valence-corrected chi connectivity index (χ2v) is 8.79. The first-order valence-electron chi connectivity index (χ1n) is 11.5. The first kappa shape index (κ1) is 26.4. The highest BCUT2D eigenvalue weighted by molar-refractivity contribution is 6.30. The van der Waals surface area contributed by atoms with Crippen LogP contribution >= 0.6 is 11.6 Å². The third-order valence-corrected chi connectivity index (χ3v) is 5.82. The molecule has 11 nitrogen and oxygen atoms in total. The largest absolute Gasteiger partial charge is 0.469 e. The van der Waals surface area contributed by atoms with Crippen LogP contribution < -0.4 is 26.9 Å². The van der Waals surface area contributed by atoms with Crippen LogP contribution in [0.4, 0.5) is 11.6 Å². The van der Waals surface area contributed by atoms with Crippen LogP contribution in [-0.4, -0.2) is 32.2 Å². The van der Waals surface area contributed by atoms with Crippen LogP contribution in [0.1, 0.15) is 24.9 Å². The van der Waals surface area contributed by atoms with Gasteiger partial charge in [-0.3, -0.25) is 14.2 Å². The van der Waals surface area contributed by atoms with Crippen molar-refractivity contribution in [3.05, 3.63) is 109 Å². The monoisotopic (exact) mass is 537 g/mol. The summed E-state index contributed by atoms with van der Waals surface area (Å²) in [5.41, 5.74) is -0.387. The molecular formula is C26H24ClN5O6. The van der Waals surface area contributed by atoms with Gasteiger partial charge in [0.05, 0.1) is 26.1 Å². The van der Waals surface area contributed by atoms with Crippen LogP contribution in [0.25, 0.3) is 0 Å². The lowest BCUT2D eigenvalue weighted by atomic mass is 10.2. The molecule has 0 fully saturated rings. The van der Waals surface area contributed by atoms with Crippen molar-refractivity contribution in [2.45, 2.75) is 25.9 Å². The molecule has 0 aliphatic rings. The molecule has 2 aromatic heterocycles. The Labute approximate surface area is 221 Å². The molecule has 0 saturated carbocycles. The number of benzene rings is 2. The summed E-state index contributed by atoms with van der Waals surface area (Å²) in [6.07, 6.45) is 1.31. The number of esters is 1. The van der Waals surface area contributed by atoms with Gasteiger partial charge in [0, 0.05) is 29.0 Å². The van der Waals surface area contributed by atoms with Gasteiger partial charge in [0.25, 0.3) is 0 Å². The summed E-state index contributed by atoms with van der Waals surface area (Å²) >= 11 is 6.00. The van der Waals surface area contributed by atoms with E-state index in [9.17, 15) is 19.2 Å². The maximum absolute atomic E-state index is 13.5. The van der Waals surface area contributed by atoms with Crippen molar-refractivity contribution in [3.8, 4) is 11.6 Å². The number of carbonyl (C=O) groups excluding carboxylic acids is 1. The molecule has 2 N–H and O–H groups in total. The Morgan fingerprint density at radius 3 is 2.45 bits per heavy atom. The minimum atomic E-state index is -0.811. The van der Waals surface area contributed by atoms with Gasteiger partial charge in [-0.25, -0.2) is 14.2 Å². The molecule has 0 bridgehead atoms. The van der Waals surface area contributed by atoms with Gasteiger partial charge < -0.3 is 19.8 Å². The first-order valence-corrected chi connectivity index (χ1v) is 11.9. The molecule has 196 valence electrons. The number of pyridine rings is 1. The van der Waals surface area contributed by atoms with E-state index in [-0.39, 0.29) is 30.2 Å². The molecule has 0 radical (unpaired) electrons. The van der Waals surface area contributed by atoms with Crippen LogP contribution in [-0.2, 0) is 16.1 Å². The molecule has 12 heteroatoms. The number of rotatable bonds is 9. The number of carbonyl (C=O) groups is 1. The Morgan fingerprint density at radius 2 is 1.79 bits per heavy atom. The van der Waals surface area contributed by atoms with Crippen molar-refractivity contribution >= 4 is 29.2 Å². The zero-order valence-electron chi connectivity index (χ0n) is 20.5. The molecule has 1 atom stereocenters. The van der Waals surface area contributed by atoms with Gasteiger partial charge in [0.1, 0.15) is 5.75 Å². The second kappa shape index (κ2) is 11.6. The van der Waals surface area contributed by atoms with Crippen LogP contribution in [0.3, 0.4) is 0 Å². The zero-order chi connectivity index (χ0) is 27.2. The fraction of sp³-hybridized carbons (Fsp3) is 0.192. The summed E-state index contributed by atoms with van der Waals surface area (Å²) < 4.78 is 12.5. The standard InChI is InChI=1S/C26H24ClN5O6/c1-16(13-23(34)37-2)32-25(35)30-24(31(26(32)36)15-17-3-5-18(27)6-4-17)29-19-7-9-21(10-8-19)38-22-14-20(33)11-12-28-22/h3-12,14,16H,13,15H2,1-2H3,(H,28,33)(H,29,30,35)/t16-/m0/s1. The summed E-state index contributed by atoms with van der Waals surface area (Å²) in [4.78, 5) is 56.6. The lowest BCUT2D eigenvalue weighted by Crippen LogP contribution is -2.44. The number of anilines is 2. The highest BCUT2D eigenvalue weighted by atomic mass is 35.5. The molecule has 0 amide bonds. The number of hydrogen-bond donors (Lipinski definition) is 2. The smallest absolute Gasteiger partial charge is 0.355 e. The molecule has 2 aromatic carbocycles. The number of nitrogens with zero attached hydrogens (tertiary/aromatic N) is 3. The van der Waals surface area contributed by atoms with Gasteiger partial charge in [-0.2, -0.15) is 4.98 Å². The van der Waals surface area contributed by atoms with E-state index in [0.717, 1.165) is 10.1 Å². The Kier molecular flexibility index (Phi) is 8.07. The normalized spacial score (nSPS) is 11.6. The number of H-pyrrole nitrogens is 1. The zero-order valence-corrected chi connectivity index (χ0v) is 21.3. The Bertz CT molecular complexity index is 1610. The third kappa shape index (κ3) is 6.37. The molecule has 0 aliphatic heterocycles. The number of hydrogen-bond acceptors (Lipinski definition) is 8. The fourth-order valence-electron chi connectivity index (χ4n) is 3.66. The Balaban J connectivity index is 1.67. The van der Waals surface area contributed by atoms with E-state index in [1.165, 1.54) is 30.0 Å². The fourth-order valence-corrected chi connectivity index (χ4v) is 3.78. The van der Waals surface area contributed by atoms with Gasteiger partial charge in [-0.15, -0.1) is 0 Å². The summed E-state index contributed by atoms with van der Waals surface area (Å²) in [5, 5.41) is 3.55. The molecule has 0 spiro atoms. The van der Waals surface area contributed by atoms with Crippen LogP contribution in [0.2, 0.25) is 5.02 Å². The van der Waals surface area contributed by atoms with Gasteiger partial charge in [-0.05, 0) is 48.9 Å². The Hall–Kier alpha value is -4.64. The second-order valence-electron chi connectivity index (χ2n) is 8.35. The summed E-state index contributed by atoms with van der Waals surface area (Å²) in [7, 11) is 1.23. The van der Waals surface area contributed by atoms with Gasteiger partial charge >= 0.3 is 17.3 Å². The van der Waals surface area contributed by atoms with Crippen LogP contribution in [0.15, 0.2) is 81.2 Å². The number of nitrogens with one attached hydrogen (secondary N) is 2. The molecule has 0 unspecified atom stereocenters. The number of halogens is 1. The predicted octanol–water partition coefficient (Wildman–Crippen LogP) is 3.46. The van der Waals surface area contributed by atoms with E-state index in [1.807, 2.05) is 0 Å². The van der Waals surface area contributed by atoms with E-state index in [1.54, 1.807) is 55.5 Å². The minimum Gasteiger partial charge on any atom is -0.469 e. The van der Waals surface area contributed by atoms with Gasteiger partial charge in [-0.1, -0.05) is 23.7 Å². The maximum Gasteiger partial charge on any atom is 0.355 e. The SMILES string of the molecule is COC(=O)C[C@H](C)n1c(=O)nc(Nc2ccc(Oc3cc(=O)cc[nH]3)cc2)n(Cc2ccc(Cl)cc2)c1=O. The number of aromatic amines is 1. The van der Waals surface area contributed by atoms with Crippen LogP contribution in [0.5, 0.6) is 11.6 Å². The molecule has 2 heterocycles. The van der Waals surface area contributed by atoms with E-state index in [0.29, 0.717) is 16.5 Å². The first-order chi connectivity index (χ1) is 18.2. The van der Waals surface area contributed by atoms with Gasteiger partial charge in [0.15, 0.2) is 5.43 Å². The van der Waals surface area contributed by atoms with E-state index < -0.39 is 23.4 Å². The molecule has 0 aliphatic carbocycles. The highest BCUT2D eigenvalue weighted by Crippen LogP contribution is 2.22. The average molecular weight is 538 g/mol. The van der Waals surface area contributed by atoms with Crippen molar-refractivity contribution in [2.75, 3.05) is 12.4 Å². The topological polar surface area (TPSA) is 137 Å². The summed E-state index contributed by atoms with van der Waals surface area (Å²) in [5.74, 6) is 0.187. The summed E-state index contributed by atoms with van der Waals surface area (Å²) in [6, 6.07) is 15.4. The van der Waals surface area contributed by atoms with Crippen molar-refractivity contribution in [3.63, 3.8) is 0 Å². The highest BCUT2D eigenvalue weighted by Gasteiger charge is 2.20. The maximum atomic E-state index is 13.5. The van der Waals surface area contributed by atoms with Crippen molar-refractivity contribution in [1.29, 1.82) is 0 Å². The molecule has 0 saturated heterocycles. The molecule has 4 aromatic rings. The van der Waals surface area contributed by atoms with Gasteiger partial charge in [0.2, 0.25) is 11.8 Å². The lowest BCUT2D eigenvalue weighted by molar-refractivity contribution is -0.141. The number of aromatic nitrogens is 4. The van der Waals surface area contributed by atoms with Crippen molar-refractivity contribution in [2.24, 2.45) is 0 Å². The van der Waals surface area contributed by atoms with Crippen LogP contribution in [0, 0.1) is 0 Å². The molecule has 38 heavy (non-hydrogen) atoms. The molecule has 4 rings (SSSR count). The average Bonchev–Trinajstić information content (AvgIpc) is 2.88. The lowest BCUT2D eigenvalue weighted by Gasteiger charge is -2.18. The van der Waals surface area contributed by atoms with E-state index in [2.05, 4.69) is 20.0 Å². The summed E-state index contributed by atoms with van der Waals surface area (Å²) in [6.45, 7) is 1.65. The Morgan fingerprint density at radius 1 is 1.08 bits per heavy atom. The number of methoxy groups -OCH3 is 1. The number of ether oxygens (including phenoxy) is 2. The van der Waals surface area contributed by atoms with Crippen molar-refractivity contribution < 1.29 is 14.3 Å². The third-order valence-electron chi connectivity index (χ3n) is 5.57. The minimum absolute atomic E-state index is 0.0116. The quantitative estimate of drug-likeness (QED) is 0.310. The van der Waals surface area contributed by atoms with E-state index in [4.69, 9.17) is 16.3 Å². The predicted molar refractivity (Wildman–Crippen MR) is 142 cm³/mol. The van der Waals surface area contributed by atoms with Crippen molar-refractivity contribution in [1.82, 2.24) is 19.1 Å².